The molecule has 0 spiro atoms. The quantitative estimate of drug-likeness (QED) is 0.561. The van der Waals surface area contributed by atoms with E-state index in [4.69, 9.17) is 9.84 Å². The van der Waals surface area contributed by atoms with Crippen LogP contribution in [-0.4, -0.2) is 51.0 Å². The molecule has 35 heavy (non-hydrogen) atoms. The third kappa shape index (κ3) is 4.60. The predicted molar refractivity (Wildman–Crippen MR) is 119 cm³/mol. The number of carboxylic acid groups (broad SMARTS) is 1. The zero-order valence-corrected chi connectivity index (χ0v) is 18.5. The minimum absolute atomic E-state index is 0.0200. The van der Waals surface area contributed by atoms with Crippen molar-refractivity contribution in [2.45, 2.75) is 25.1 Å². The Morgan fingerprint density at radius 3 is 2.23 bits per heavy atom. The van der Waals surface area contributed by atoms with Crippen LogP contribution >= 0.6 is 0 Å². The lowest BCUT2D eigenvalue weighted by Crippen LogP contribution is -2.34. The molecule has 3 aromatic rings. The summed E-state index contributed by atoms with van der Waals surface area (Å²) in [6.07, 6.45) is -3.05. The van der Waals surface area contributed by atoms with Gasteiger partial charge in [-0.1, -0.05) is 42.5 Å². The lowest BCUT2D eigenvalue weighted by molar-refractivity contribution is -0.138. The highest BCUT2D eigenvalue weighted by Crippen LogP contribution is 2.40. The van der Waals surface area contributed by atoms with Crippen LogP contribution in [0.1, 0.15) is 28.9 Å². The molecule has 5 rings (SSSR count). The first-order chi connectivity index (χ1) is 16.7. The van der Waals surface area contributed by atoms with E-state index in [1.807, 2.05) is 54.6 Å². The number of aromatic carboxylic acids is 1. The van der Waals surface area contributed by atoms with Gasteiger partial charge in [-0.3, -0.25) is 0 Å². The molecule has 0 bridgehead atoms. The largest absolute Gasteiger partial charge is 0.490 e. The number of carbonyl (C=O) groups excluding carboxylic acids is 1. The number of benzene rings is 2. The molecule has 1 N–H and O–H groups in total. The van der Waals surface area contributed by atoms with Gasteiger partial charge in [0.25, 0.3) is 0 Å². The zero-order valence-electron chi connectivity index (χ0n) is 18.5. The minimum atomic E-state index is -4.92. The molecule has 1 aliphatic heterocycles. The van der Waals surface area contributed by atoms with E-state index in [2.05, 4.69) is 5.10 Å². The smallest absolute Gasteiger partial charge is 0.420 e. The van der Waals surface area contributed by atoms with Crippen molar-refractivity contribution in [3.8, 4) is 16.9 Å². The average molecular weight is 485 g/mol. The Morgan fingerprint density at radius 1 is 0.971 bits per heavy atom. The van der Waals surface area contributed by atoms with Gasteiger partial charge >= 0.3 is 18.2 Å². The van der Waals surface area contributed by atoms with Gasteiger partial charge in [0.15, 0.2) is 5.69 Å². The van der Waals surface area contributed by atoms with Crippen molar-refractivity contribution < 1.29 is 32.6 Å². The van der Waals surface area contributed by atoms with Crippen molar-refractivity contribution in [2.24, 2.45) is 11.8 Å². The van der Waals surface area contributed by atoms with Gasteiger partial charge in [0.1, 0.15) is 11.3 Å². The van der Waals surface area contributed by atoms with Crippen LogP contribution in [0.3, 0.4) is 0 Å². The standard InChI is InChI=1S/C25H22F3N3O4/c26-25(27,28)21-14-31(29-22(21)23(32)33)24(34)30-12-17-10-20(11-18(17)13-30)35-19-8-4-7-16(9-19)15-5-2-1-3-6-15/h1-9,14,17-18,20H,10-13H2,(H,32,33)/t17-,18+,20?. The number of carboxylic acids is 1. The van der Waals surface area contributed by atoms with Gasteiger partial charge in [-0.2, -0.15) is 23.0 Å². The average Bonchev–Trinajstić information content (AvgIpc) is 3.52. The maximum Gasteiger partial charge on any atom is 0.420 e. The first kappa shape index (κ1) is 22.9. The second-order valence-electron chi connectivity index (χ2n) is 8.95. The van der Waals surface area contributed by atoms with Gasteiger partial charge < -0.3 is 14.7 Å². The fourth-order valence-corrected chi connectivity index (χ4v) is 5.05. The lowest BCUT2D eigenvalue weighted by atomic mass is 10.0. The lowest BCUT2D eigenvalue weighted by Gasteiger charge is -2.20. The van der Waals surface area contributed by atoms with Crippen molar-refractivity contribution in [1.29, 1.82) is 0 Å². The van der Waals surface area contributed by atoms with Crippen LogP contribution in [0.25, 0.3) is 11.1 Å². The molecular weight excluding hydrogens is 463 g/mol. The molecule has 2 aromatic carbocycles. The summed E-state index contributed by atoms with van der Waals surface area (Å²) in [6, 6.07) is 17.1. The number of nitrogens with zero attached hydrogens (tertiary/aromatic N) is 3. The summed E-state index contributed by atoms with van der Waals surface area (Å²) >= 11 is 0. The highest BCUT2D eigenvalue weighted by Gasteiger charge is 2.45. The third-order valence-electron chi connectivity index (χ3n) is 6.64. The SMILES string of the molecule is O=C(O)c1nn(C(=O)N2C[C@H]3CC(Oc4cccc(-c5ccccc5)c4)C[C@H]3C2)cc1C(F)(F)F. The van der Waals surface area contributed by atoms with Crippen molar-refractivity contribution in [3.63, 3.8) is 0 Å². The Kier molecular flexibility index (Phi) is 5.74. The Morgan fingerprint density at radius 2 is 1.63 bits per heavy atom. The van der Waals surface area contributed by atoms with Crippen LogP contribution in [0.5, 0.6) is 5.75 Å². The maximum absolute atomic E-state index is 13.1. The third-order valence-corrected chi connectivity index (χ3v) is 6.64. The number of rotatable bonds is 4. The molecule has 3 atom stereocenters. The number of fused-ring (bicyclic) bond motifs is 1. The van der Waals surface area contributed by atoms with E-state index >= 15 is 0 Å². The molecule has 2 fully saturated rings. The van der Waals surface area contributed by atoms with Crippen LogP contribution in [0.2, 0.25) is 0 Å². The summed E-state index contributed by atoms with van der Waals surface area (Å²) in [5.41, 5.74) is -0.481. The van der Waals surface area contributed by atoms with E-state index < -0.39 is 29.4 Å². The summed E-state index contributed by atoms with van der Waals surface area (Å²) in [7, 11) is 0. The topological polar surface area (TPSA) is 84.7 Å². The number of amides is 1. The van der Waals surface area contributed by atoms with Crippen LogP contribution < -0.4 is 4.74 Å². The Hall–Kier alpha value is -3.82. The number of hydrogen-bond acceptors (Lipinski definition) is 4. The van der Waals surface area contributed by atoms with Gasteiger partial charge in [-0.05, 0) is 47.9 Å². The normalized spacial score (nSPS) is 21.7. The molecule has 1 saturated heterocycles. The summed E-state index contributed by atoms with van der Waals surface area (Å²) in [5.74, 6) is -0.768. The van der Waals surface area contributed by atoms with Crippen LogP contribution in [-0.2, 0) is 6.18 Å². The summed E-state index contributed by atoms with van der Waals surface area (Å²) < 4.78 is 46.1. The molecule has 1 unspecified atom stereocenters. The molecule has 1 saturated carbocycles. The second-order valence-corrected chi connectivity index (χ2v) is 8.95. The van der Waals surface area contributed by atoms with Crippen molar-refractivity contribution in [1.82, 2.24) is 14.7 Å². The van der Waals surface area contributed by atoms with E-state index in [1.165, 1.54) is 4.90 Å². The van der Waals surface area contributed by atoms with Crippen LogP contribution in [0.15, 0.2) is 60.8 Å². The summed E-state index contributed by atoms with van der Waals surface area (Å²) in [4.78, 5) is 25.4. The number of alkyl halides is 3. The predicted octanol–water partition coefficient (Wildman–Crippen LogP) is 5.02. The van der Waals surface area contributed by atoms with Crippen molar-refractivity contribution in [3.05, 3.63) is 72.1 Å². The van der Waals surface area contributed by atoms with Crippen molar-refractivity contribution >= 4 is 12.0 Å². The van der Waals surface area contributed by atoms with E-state index in [9.17, 15) is 22.8 Å². The van der Waals surface area contributed by atoms with Gasteiger partial charge in [0.05, 0.1) is 6.10 Å². The molecule has 7 nitrogen and oxygen atoms in total. The van der Waals surface area contributed by atoms with Gasteiger partial charge in [-0.15, -0.1) is 0 Å². The number of hydrogen-bond donors (Lipinski definition) is 1. The Labute approximate surface area is 198 Å². The first-order valence-electron chi connectivity index (χ1n) is 11.2. The van der Waals surface area contributed by atoms with E-state index in [1.54, 1.807) is 0 Å². The molecule has 0 radical (unpaired) electrons. The van der Waals surface area contributed by atoms with E-state index in [-0.39, 0.29) is 17.9 Å². The molecule has 1 aromatic heterocycles. The van der Waals surface area contributed by atoms with Crippen LogP contribution in [0, 0.1) is 11.8 Å². The van der Waals surface area contributed by atoms with Gasteiger partial charge in [0, 0.05) is 19.3 Å². The number of aromatic nitrogens is 2. The Balaban J connectivity index is 1.23. The maximum atomic E-state index is 13.1. The summed E-state index contributed by atoms with van der Waals surface area (Å²) in [6.45, 7) is 0.716. The molecular formula is C25H22F3N3O4. The number of halogens is 3. The second kappa shape index (κ2) is 8.75. The fourth-order valence-electron chi connectivity index (χ4n) is 5.05. The van der Waals surface area contributed by atoms with Crippen molar-refractivity contribution in [2.75, 3.05) is 13.1 Å². The molecule has 182 valence electrons. The fraction of sp³-hybridized carbons (Fsp3) is 0.320. The van der Waals surface area contributed by atoms with E-state index in [0.717, 1.165) is 29.7 Å². The molecule has 2 heterocycles. The Bertz CT molecular complexity index is 1240. The minimum Gasteiger partial charge on any atom is -0.490 e. The molecule has 1 aliphatic carbocycles. The molecule has 10 heteroatoms. The monoisotopic (exact) mass is 485 g/mol. The molecule has 1 amide bonds. The number of likely N-dealkylation sites (tertiary alicyclic amines) is 1. The number of ether oxygens (including phenoxy) is 1. The zero-order chi connectivity index (χ0) is 24.7. The van der Waals surface area contributed by atoms with Gasteiger partial charge in [-0.25, -0.2) is 9.59 Å². The van der Waals surface area contributed by atoms with Gasteiger partial charge in [0.2, 0.25) is 0 Å². The summed E-state index contributed by atoms with van der Waals surface area (Å²) in [5, 5.41) is 12.4. The molecule has 2 aliphatic rings. The highest BCUT2D eigenvalue weighted by atomic mass is 19.4. The van der Waals surface area contributed by atoms with Crippen LogP contribution in [0.4, 0.5) is 18.0 Å². The highest BCUT2D eigenvalue weighted by molar-refractivity contribution is 5.88. The number of carbonyl (C=O) groups is 2. The van der Waals surface area contributed by atoms with E-state index in [0.29, 0.717) is 24.0 Å². The first-order valence-corrected chi connectivity index (χ1v) is 11.2.